The molecule has 0 spiro atoms. The molecule has 1 heterocycles. The van der Waals surface area contributed by atoms with Crippen LogP contribution in [0.3, 0.4) is 0 Å². The number of rotatable bonds is 10. The van der Waals surface area contributed by atoms with Gasteiger partial charge in [0.2, 0.25) is 0 Å². The number of benzene rings is 1. The molecule has 0 saturated carbocycles. The fourth-order valence-corrected chi connectivity index (χ4v) is 2.21. The van der Waals surface area contributed by atoms with Crippen LogP contribution in [-0.2, 0) is 11.3 Å². The van der Waals surface area contributed by atoms with Crippen LogP contribution >= 0.6 is 24.8 Å². The number of hydrogen-bond acceptors (Lipinski definition) is 6. The summed E-state index contributed by atoms with van der Waals surface area (Å²) in [7, 11) is 0. The summed E-state index contributed by atoms with van der Waals surface area (Å²) >= 11 is 0. The van der Waals surface area contributed by atoms with Crippen LogP contribution in [-0.4, -0.2) is 43.9 Å². The molecule has 2 rings (SSSR count). The molecule has 0 fully saturated rings. The number of aliphatic hydroxyl groups is 1. The van der Waals surface area contributed by atoms with Crippen LogP contribution in [0, 0.1) is 0 Å². The van der Waals surface area contributed by atoms with Gasteiger partial charge in [0.15, 0.2) is 0 Å². The molecular weight excluding hydrogens is 379 g/mol. The van der Waals surface area contributed by atoms with Crippen molar-refractivity contribution >= 4 is 30.8 Å². The third kappa shape index (κ3) is 7.76. The predicted octanol–water partition coefficient (Wildman–Crippen LogP) is 2.64. The van der Waals surface area contributed by atoms with Gasteiger partial charge in [0.25, 0.3) is 0 Å². The highest BCUT2D eigenvalue weighted by Crippen LogP contribution is 2.22. The fourth-order valence-electron chi connectivity index (χ4n) is 2.21. The van der Waals surface area contributed by atoms with Crippen molar-refractivity contribution in [1.29, 1.82) is 0 Å². The van der Waals surface area contributed by atoms with Crippen LogP contribution in [0.2, 0.25) is 0 Å². The maximum atomic E-state index is 11.6. The number of hydrogen-bond donors (Lipinski definition) is 3. The van der Waals surface area contributed by atoms with Crippen molar-refractivity contribution in [2.75, 3.05) is 32.8 Å². The topological polar surface area (TPSA) is 83.7 Å². The van der Waals surface area contributed by atoms with Gasteiger partial charge < -0.3 is 24.9 Å². The molecule has 2 aromatic rings. The molecule has 3 N–H and O–H groups in total. The summed E-state index contributed by atoms with van der Waals surface area (Å²) in [4.78, 5) is 11.6. The van der Waals surface area contributed by atoms with E-state index in [0.29, 0.717) is 25.3 Å². The number of esters is 1. The molecular formula is C18H26Cl2N2O4. The van der Waals surface area contributed by atoms with Gasteiger partial charge in [-0.3, -0.25) is 0 Å². The lowest BCUT2D eigenvalue weighted by atomic mass is 10.1. The van der Waals surface area contributed by atoms with Crippen LogP contribution in [0.5, 0.6) is 0 Å². The zero-order valence-corrected chi connectivity index (χ0v) is 16.3. The molecule has 26 heavy (non-hydrogen) atoms. The first-order valence-electron chi connectivity index (χ1n) is 8.13. The number of carbonyl (C=O) groups is 1. The average molecular weight is 405 g/mol. The zero-order valence-electron chi connectivity index (χ0n) is 14.7. The molecule has 0 unspecified atom stereocenters. The van der Waals surface area contributed by atoms with Gasteiger partial charge in [0.1, 0.15) is 11.5 Å². The lowest BCUT2D eigenvalue weighted by Crippen LogP contribution is -2.28. The summed E-state index contributed by atoms with van der Waals surface area (Å²) in [6.07, 6.45) is 0. The van der Waals surface area contributed by atoms with Crippen LogP contribution < -0.4 is 10.6 Å². The fraction of sp³-hybridized carbons (Fsp3) is 0.389. The Labute approximate surface area is 166 Å². The number of aliphatic hydroxyl groups excluding tert-OH is 1. The lowest BCUT2D eigenvalue weighted by molar-refractivity contribution is 0.0526. The van der Waals surface area contributed by atoms with E-state index in [-0.39, 0.29) is 37.4 Å². The van der Waals surface area contributed by atoms with Crippen LogP contribution in [0.15, 0.2) is 40.8 Å². The first-order valence-corrected chi connectivity index (χ1v) is 8.13. The predicted molar refractivity (Wildman–Crippen MR) is 106 cm³/mol. The van der Waals surface area contributed by atoms with Crippen molar-refractivity contribution in [1.82, 2.24) is 10.6 Å². The van der Waals surface area contributed by atoms with E-state index in [4.69, 9.17) is 14.3 Å². The van der Waals surface area contributed by atoms with Crippen molar-refractivity contribution in [3.8, 4) is 11.3 Å². The highest BCUT2D eigenvalue weighted by Gasteiger charge is 2.08. The van der Waals surface area contributed by atoms with Gasteiger partial charge in [-0.2, -0.15) is 0 Å². The van der Waals surface area contributed by atoms with Crippen molar-refractivity contribution < 1.29 is 19.1 Å². The van der Waals surface area contributed by atoms with E-state index >= 15 is 0 Å². The number of nitrogens with one attached hydrogen (secondary N) is 2. The molecule has 0 amide bonds. The quantitative estimate of drug-likeness (QED) is 0.417. The Morgan fingerprint density at radius 2 is 1.73 bits per heavy atom. The number of furan rings is 1. The van der Waals surface area contributed by atoms with Gasteiger partial charge in [-0.1, -0.05) is 12.1 Å². The smallest absolute Gasteiger partial charge is 0.338 e. The third-order valence-electron chi connectivity index (χ3n) is 3.41. The maximum absolute atomic E-state index is 11.6. The summed E-state index contributed by atoms with van der Waals surface area (Å²) in [6.45, 7) is 5.14. The lowest BCUT2D eigenvalue weighted by Gasteiger charge is -2.04. The molecule has 146 valence electrons. The Hall–Kier alpha value is -1.57. The summed E-state index contributed by atoms with van der Waals surface area (Å²) < 4.78 is 10.8. The number of ether oxygens (including phenoxy) is 1. The summed E-state index contributed by atoms with van der Waals surface area (Å²) in [5.41, 5.74) is 1.45. The minimum absolute atomic E-state index is 0. The summed E-state index contributed by atoms with van der Waals surface area (Å²) in [5, 5.41) is 15.0. The second kappa shape index (κ2) is 13.6. The second-order valence-corrected chi connectivity index (χ2v) is 5.21. The Morgan fingerprint density at radius 1 is 1.04 bits per heavy atom. The largest absolute Gasteiger partial charge is 0.462 e. The number of halogens is 2. The molecule has 1 aromatic heterocycles. The molecule has 8 heteroatoms. The molecule has 0 aliphatic heterocycles. The van der Waals surface area contributed by atoms with Gasteiger partial charge in [-0.05, 0) is 31.2 Å². The minimum atomic E-state index is -0.316. The van der Waals surface area contributed by atoms with Gasteiger partial charge in [0.05, 0.1) is 25.3 Å². The standard InChI is InChI=1S/C18H24N2O4.2ClH/c1-2-23-18(22)15-5-3-14(4-6-15)17-8-7-16(24-17)13-20-10-9-19-11-12-21;;/h3-8,19-21H,2,9-13H2,1H3;2*1H. The van der Waals surface area contributed by atoms with E-state index < -0.39 is 0 Å². The normalized spacial score (nSPS) is 9.92. The number of carbonyl (C=O) groups excluding carboxylic acids is 1. The Kier molecular flexibility index (Phi) is 12.8. The molecule has 0 saturated heterocycles. The van der Waals surface area contributed by atoms with Crippen LogP contribution in [0.25, 0.3) is 11.3 Å². The first kappa shape index (κ1) is 24.4. The second-order valence-electron chi connectivity index (χ2n) is 5.21. The Morgan fingerprint density at radius 3 is 2.38 bits per heavy atom. The maximum Gasteiger partial charge on any atom is 0.338 e. The van der Waals surface area contributed by atoms with E-state index in [1.807, 2.05) is 24.3 Å². The Balaban J connectivity index is 0.00000312. The highest BCUT2D eigenvalue weighted by molar-refractivity contribution is 5.89. The van der Waals surface area contributed by atoms with Crippen molar-refractivity contribution in [3.63, 3.8) is 0 Å². The van der Waals surface area contributed by atoms with Crippen LogP contribution in [0.4, 0.5) is 0 Å². The molecule has 0 atom stereocenters. The molecule has 6 nitrogen and oxygen atoms in total. The molecule has 0 aliphatic carbocycles. The molecule has 1 aromatic carbocycles. The van der Waals surface area contributed by atoms with Crippen molar-refractivity contribution in [2.24, 2.45) is 0 Å². The molecule has 0 bridgehead atoms. The first-order chi connectivity index (χ1) is 11.7. The summed E-state index contributed by atoms with van der Waals surface area (Å²) in [6, 6.07) is 11.0. The SMILES string of the molecule is CCOC(=O)c1ccc(-c2ccc(CNCCNCCO)o2)cc1.Cl.Cl. The van der Waals surface area contributed by atoms with Crippen molar-refractivity contribution in [2.45, 2.75) is 13.5 Å². The zero-order chi connectivity index (χ0) is 17.2. The monoisotopic (exact) mass is 404 g/mol. The van der Waals surface area contributed by atoms with Crippen LogP contribution in [0.1, 0.15) is 23.0 Å². The summed E-state index contributed by atoms with van der Waals surface area (Å²) in [5.74, 6) is 1.30. The van der Waals surface area contributed by atoms with E-state index in [2.05, 4.69) is 10.6 Å². The van der Waals surface area contributed by atoms with E-state index in [1.54, 1.807) is 19.1 Å². The average Bonchev–Trinajstić information content (AvgIpc) is 3.07. The minimum Gasteiger partial charge on any atom is -0.462 e. The van der Waals surface area contributed by atoms with Gasteiger partial charge in [-0.25, -0.2) is 4.79 Å². The molecule has 0 radical (unpaired) electrons. The Bertz CT molecular complexity index is 632. The van der Waals surface area contributed by atoms with Gasteiger partial charge >= 0.3 is 5.97 Å². The van der Waals surface area contributed by atoms with Gasteiger partial charge in [-0.15, -0.1) is 24.8 Å². The van der Waals surface area contributed by atoms with Gasteiger partial charge in [0, 0.05) is 25.2 Å². The van der Waals surface area contributed by atoms with E-state index in [9.17, 15) is 4.79 Å². The third-order valence-corrected chi connectivity index (χ3v) is 3.41. The van der Waals surface area contributed by atoms with Crippen molar-refractivity contribution in [3.05, 3.63) is 47.7 Å². The van der Waals surface area contributed by atoms with E-state index in [1.165, 1.54) is 0 Å². The molecule has 0 aliphatic rings. The highest BCUT2D eigenvalue weighted by atomic mass is 35.5. The van der Waals surface area contributed by atoms with E-state index in [0.717, 1.165) is 30.2 Å².